The largest absolute Gasteiger partial charge is 0.478 e. The van der Waals surface area contributed by atoms with Crippen molar-refractivity contribution in [3.8, 4) is 0 Å². The molecule has 0 aliphatic heterocycles. The molecule has 0 saturated heterocycles. The second-order valence-electron chi connectivity index (χ2n) is 7.78. The lowest BCUT2D eigenvalue weighted by Crippen LogP contribution is -2.33. The lowest BCUT2D eigenvalue weighted by Gasteiger charge is -2.38. The van der Waals surface area contributed by atoms with Crippen molar-refractivity contribution in [2.45, 2.75) is 46.2 Å². The fraction of sp³-hybridized carbons (Fsp3) is 0.550. The van der Waals surface area contributed by atoms with Gasteiger partial charge in [0.1, 0.15) is 0 Å². The number of carboxylic acid groups (broad SMARTS) is 1. The van der Waals surface area contributed by atoms with Crippen LogP contribution in [0.25, 0.3) is 5.57 Å². The Hall–Kier alpha value is -0.910. The third kappa shape index (κ3) is 4.98. The molecule has 1 saturated carbocycles. The second-order valence-corrected chi connectivity index (χ2v) is 8.97. The Bertz CT molecular complexity index is 764. The van der Waals surface area contributed by atoms with Crippen molar-refractivity contribution in [2.24, 2.45) is 23.7 Å². The minimum Gasteiger partial charge on any atom is -0.478 e. The van der Waals surface area contributed by atoms with Crippen LogP contribution in [0, 0.1) is 23.7 Å². The summed E-state index contributed by atoms with van der Waals surface area (Å²) in [6.07, 6.45) is -2.95. The van der Waals surface area contributed by atoms with Crippen LogP contribution < -0.4 is 0 Å². The molecule has 2 nitrogen and oxygen atoms in total. The molecule has 0 spiro atoms. The summed E-state index contributed by atoms with van der Waals surface area (Å²) in [4.78, 5) is 12.1. The van der Waals surface area contributed by atoms with E-state index in [1.165, 1.54) is 0 Å². The lowest BCUT2D eigenvalue weighted by molar-refractivity contribution is -0.134. The molecule has 2 rings (SSSR count). The molecule has 0 radical (unpaired) electrons. The van der Waals surface area contributed by atoms with Crippen LogP contribution in [0.5, 0.6) is 0 Å². The maximum Gasteiger partial charge on any atom is 0.417 e. The first-order valence-electron chi connectivity index (χ1n) is 9.04. The summed E-state index contributed by atoms with van der Waals surface area (Å²) in [5.41, 5.74) is -2.21. The first kappa shape index (κ1) is 23.4. The molecule has 0 heterocycles. The van der Waals surface area contributed by atoms with Gasteiger partial charge in [-0.05, 0) is 54.2 Å². The van der Waals surface area contributed by atoms with Crippen LogP contribution in [-0.2, 0) is 4.79 Å². The molecule has 1 fully saturated rings. The molecule has 1 aromatic carbocycles. The molecule has 0 amide bonds. The van der Waals surface area contributed by atoms with E-state index in [2.05, 4.69) is 0 Å². The SMILES string of the molecule is CC(C)[C@H]1CC[C@H](C)C[C@@H]1/C(C(=O)O)=C(/c1cc(Cl)c(Cl)c(Cl)c1)C(F)(F)F. The Balaban J connectivity index is 2.81. The van der Waals surface area contributed by atoms with E-state index in [4.69, 9.17) is 34.8 Å². The molecule has 0 unspecified atom stereocenters. The Labute approximate surface area is 177 Å². The van der Waals surface area contributed by atoms with Gasteiger partial charge >= 0.3 is 12.1 Å². The molecule has 1 aliphatic carbocycles. The summed E-state index contributed by atoms with van der Waals surface area (Å²) < 4.78 is 42.4. The topological polar surface area (TPSA) is 37.3 Å². The molecule has 156 valence electrons. The smallest absolute Gasteiger partial charge is 0.417 e. The van der Waals surface area contributed by atoms with Gasteiger partial charge in [-0.3, -0.25) is 0 Å². The average molecular weight is 458 g/mol. The van der Waals surface area contributed by atoms with Crippen LogP contribution in [0.3, 0.4) is 0 Å². The number of hydrogen-bond acceptors (Lipinski definition) is 1. The van der Waals surface area contributed by atoms with E-state index in [1.54, 1.807) is 0 Å². The van der Waals surface area contributed by atoms with Crippen molar-refractivity contribution in [1.82, 2.24) is 0 Å². The van der Waals surface area contributed by atoms with Gasteiger partial charge in [0.2, 0.25) is 0 Å². The summed E-state index contributed by atoms with van der Waals surface area (Å²) in [5.74, 6) is -2.25. The maximum atomic E-state index is 14.1. The molecule has 1 aromatic rings. The number of carboxylic acids is 1. The number of alkyl halides is 3. The third-order valence-corrected chi connectivity index (χ3v) is 6.65. The zero-order valence-electron chi connectivity index (χ0n) is 15.7. The summed E-state index contributed by atoms with van der Waals surface area (Å²) in [7, 11) is 0. The summed E-state index contributed by atoms with van der Waals surface area (Å²) in [6.45, 7) is 5.76. The standard InChI is InChI=1S/C20H22Cl3F3O2/c1-9(2)12-5-4-10(3)6-13(12)16(19(27)28)17(20(24,25)26)11-7-14(21)18(23)15(22)8-11/h7-10,12-13H,4-6H2,1-3H3,(H,27,28)/b17-16+/t10-,12+,13-/m0/s1. The Morgan fingerprint density at radius 2 is 1.68 bits per heavy atom. The van der Waals surface area contributed by atoms with Gasteiger partial charge in [0, 0.05) is 0 Å². The Morgan fingerprint density at radius 1 is 1.14 bits per heavy atom. The van der Waals surface area contributed by atoms with Crippen molar-refractivity contribution in [1.29, 1.82) is 0 Å². The molecular formula is C20H22Cl3F3O2. The van der Waals surface area contributed by atoms with E-state index in [1.807, 2.05) is 20.8 Å². The summed E-state index contributed by atoms with van der Waals surface area (Å²) in [5, 5.41) is 9.46. The fourth-order valence-corrected chi connectivity index (χ4v) is 4.75. The monoisotopic (exact) mass is 456 g/mol. The molecule has 1 N–H and O–H groups in total. The molecule has 28 heavy (non-hydrogen) atoms. The van der Waals surface area contributed by atoms with E-state index < -0.39 is 29.2 Å². The summed E-state index contributed by atoms with van der Waals surface area (Å²) >= 11 is 17.7. The summed E-state index contributed by atoms with van der Waals surface area (Å²) in [6, 6.07) is 2.05. The van der Waals surface area contributed by atoms with E-state index >= 15 is 0 Å². The van der Waals surface area contributed by atoms with Crippen LogP contribution in [0.15, 0.2) is 17.7 Å². The van der Waals surface area contributed by atoms with Crippen LogP contribution in [0.2, 0.25) is 15.1 Å². The van der Waals surface area contributed by atoms with Crippen LogP contribution in [-0.4, -0.2) is 17.3 Å². The number of rotatable bonds is 4. The molecule has 0 aromatic heterocycles. The van der Waals surface area contributed by atoms with E-state index in [-0.39, 0.29) is 38.4 Å². The quantitative estimate of drug-likeness (QED) is 0.370. The van der Waals surface area contributed by atoms with Gasteiger partial charge in [-0.15, -0.1) is 0 Å². The number of hydrogen-bond donors (Lipinski definition) is 1. The zero-order chi connectivity index (χ0) is 21.4. The van der Waals surface area contributed by atoms with Gasteiger partial charge in [-0.1, -0.05) is 62.0 Å². The zero-order valence-corrected chi connectivity index (χ0v) is 18.0. The fourth-order valence-electron chi connectivity index (χ4n) is 4.16. The van der Waals surface area contributed by atoms with E-state index in [9.17, 15) is 23.1 Å². The molecule has 3 atom stereocenters. The number of allylic oxidation sites excluding steroid dienone is 1. The average Bonchev–Trinajstić information content (AvgIpc) is 2.55. The van der Waals surface area contributed by atoms with Gasteiger partial charge in [0.05, 0.1) is 26.2 Å². The Kier molecular flexibility index (Phi) is 7.38. The molecule has 1 aliphatic rings. The van der Waals surface area contributed by atoms with Gasteiger partial charge in [-0.25, -0.2) is 4.79 Å². The maximum absolute atomic E-state index is 14.1. The van der Waals surface area contributed by atoms with Gasteiger partial charge in [0.25, 0.3) is 0 Å². The first-order chi connectivity index (χ1) is 12.8. The Morgan fingerprint density at radius 3 is 2.11 bits per heavy atom. The highest BCUT2D eigenvalue weighted by Crippen LogP contribution is 2.48. The third-order valence-electron chi connectivity index (χ3n) is 5.45. The highest BCUT2D eigenvalue weighted by atomic mass is 35.5. The van der Waals surface area contributed by atoms with Crippen LogP contribution in [0.1, 0.15) is 45.6 Å². The number of carbonyl (C=O) groups is 1. The number of benzene rings is 1. The minimum absolute atomic E-state index is 0.0544. The van der Waals surface area contributed by atoms with Crippen molar-refractivity contribution >= 4 is 46.3 Å². The highest BCUT2D eigenvalue weighted by Gasteiger charge is 2.45. The van der Waals surface area contributed by atoms with Crippen molar-refractivity contribution < 1.29 is 23.1 Å². The lowest BCUT2D eigenvalue weighted by atomic mass is 9.66. The van der Waals surface area contributed by atoms with Gasteiger partial charge in [-0.2, -0.15) is 13.2 Å². The van der Waals surface area contributed by atoms with Crippen molar-refractivity contribution in [2.75, 3.05) is 0 Å². The molecular weight excluding hydrogens is 436 g/mol. The molecule has 8 heteroatoms. The second kappa shape index (κ2) is 8.85. The van der Waals surface area contributed by atoms with Crippen molar-refractivity contribution in [3.05, 3.63) is 38.3 Å². The number of aliphatic carboxylic acids is 1. The molecule has 0 bridgehead atoms. The van der Waals surface area contributed by atoms with Crippen molar-refractivity contribution in [3.63, 3.8) is 0 Å². The van der Waals surface area contributed by atoms with Crippen LogP contribution in [0.4, 0.5) is 13.2 Å². The number of halogens is 6. The normalized spacial score (nSPS) is 24.3. The van der Waals surface area contributed by atoms with E-state index in [0.717, 1.165) is 18.6 Å². The van der Waals surface area contributed by atoms with Gasteiger partial charge in [0.15, 0.2) is 0 Å². The van der Waals surface area contributed by atoms with Crippen LogP contribution >= 0.6 is 34.8 Å². The predicted octanol–water partition coefficient (Wildman–Crippen LogP) is 7.76. The first-order valence-corrected chi connectivity index (χ1v) is 10.2. The van der Waals surface area contributed by atoms with E-state index in [0.29, 0.717) is 12.8 Å². The van der Waals surface area contributed by atoms with Gasteiger partial charge < -0.3 is 5.11 Å². The predicted molar refractivity (Wildman–Crippen MR) is 107 cm³/mol. The highest BCUT2D eigenvalue weighted by molar-refractivity contribution is 6.48. The minimum atomic E-state index is -4.89.